The van der Waals surface area contributed by atoms with Gasteiger partial charge in [0.2, 0.25) is 0 Å². The molecule has 6 heteroatoms. The van der Waals surface area contributed by atoms with Gasteiger partial charge >= 0.3 is 0 Å². The van der Waals surface area contributed by atoms with Crippen LogP contribution in [0.3, 0.4) is 0 Å². The lowest BCUT2D eigenvalue weighted by molar-refractivity contribution is 0.148. The molecule has 2 aromatic heterocycles. The molecule has 0 atom stereocenters. The second-order valence-corrected chi connectivity index (χ2v) is 5.12. The molecule has 116 valence electrons. The van der Waals surface area contributed by atoms with E-state index in [0.29, 0.717) is 29.5 Å². The number of nitrogens with zero attached hydrogens (tertiary/aromatic N) is 4. The second-order valence-electron chi connectivity index (χ2n) is 4.76. The fourth-order valence-electron chi connectivity index (χ4n) is 2.03. The van der Waals surface area contributed by atoms with Gasteiger partial charge in [-0.05, 0) is 11.6 Å². The SMILES string of the molecule is Clc1ncnc2c1ncn2/C=C/C=C\COCc1ccccc1. The summed E-state index contributed by atoms with van der Waals surface area (Å²) in [6.07, 6.45) is 10.7. The van der Waals surface area contributed by atoms with Gasteiger partial charge in [-0.3, -0.25) is 4.57 Å². The summed E-state index contributed by atoms with van der Waals surface area (Å²) in [7, 11) is 0. The Morgan fingerprint density at radius 2 is 1.96 bits per heavy atom. The van der Waals surface area contributed by atoms with Crippen LogP contribution in [0.5, 0.6) is 0 Å². The van der Waals surface area contributed by atoms with E-state index < -0.39 is 0 Å². The lowest BCUT2D eigenvalue weighted by Gasteiger charge is -2.00. The van der Waals surface area contributed by atoms with E-state index in [1.807, 2.05) is 54.8 Å². The number of hydrogen-bond donors (Lipinski definition) is 0. The van der Waals surface area contributed by atoms with Crippen LogP contribution in [0.1, 0.15) is 5.56 Å². The van der Waals surface area contributed by atoms with E-state index in [-0.39, 0.29) is 0 Å². The van der Waals surface area contributed by atoms with Crippen LogP contribution in [0.25, 0.3) is 17.4 Å². The summed E-state index contributed by atoms with van der Waals surface area (Å²) in [6, 6.07) is 10.1. The topological polar surface area (TPSA) is 52.8 Å². The Labute approximate surface area is 138 Å². The lowest BCUT2D eigenvalue weighted by atomic mass is 10.2. The minimum Gasteiger partial charge on any atom is -0.373 e. The molecule has 0 aliphatic heterocycles. The number of aromatic nitrogens is 4. The predicted molar refractivity (Wildman–Crippen MR) is 90.9 cm³/mol. The van der Waals surface area contributed by atoms with Crippen molar-refractivity contribution >= 4 is 29.0 Å². The minimum absolute atomic E-state index is 0.354. The van der Waals surface area contributed by atoms with Gasteiger partial charge in [0.05, 0.1) is 13.2 Å². The van der Waals surface area contributed by atoms with Gasteiger partial charge in [-0.2, -0.15) is 0 Å². The van der Waals surface area contributed by atoms with Gasteiger partial charge in [0.25, 0.3) is 0 Å². The monoisotopic (exact) mass is 326 g/mol. The van der Waals surface area contributed by atoms with Gasteiger partial charge in [-0.15, -0.1) is 0 Å². The van der Waals surface area contributed by atoms with Crippen LogP contribution < -0.4 is 0 Å². The number of hydrogen-bond acceptors (Lipinski definition) is 4. The van der Waals surface area contributed by atoms with Gasteiger partial charge in [0.1, 0.15) is 18.2 Å². The molecule has 0 N–H and O–H groups in total. The molecular formula is C17H15ClN4O. The summed E-state index contributed by atoms with van der Waals surface area (Å²) in [4.78, 5) is 12.3. The predicted octanol–water partition coefficient (Wildman–Crippen LogP) is 3.72. The highest BCUT2D eigenvalue weighted by Gasteiger charge is 2.05. The molecule has 0 radical (unpaired) electrons. The van der Waals surface area contributed by atoms with Crippen molar-refractivity contribution < 1.29 is 4.74 Å². The maximum atomic E-state index is 5.96. The molecule has 3 aromatic rings. The standard InChI is InChI=1S/C17H15ClN4O/c18-16-15-17(20-12-19-16)22(13-21-15)9-5-2-6-10-23-11-14-7-3-1-4-8-14/h1-9,12-13H,10-11H2/b6-2-,9-5+. The van der Waals surface area contributed by atoms with E-state index in [4.69, 9.17) is 16.3 Å². The number of benzene rings is 1. The number of imidazole rings is 1. The van der Waals surface area contributed by atoms with Crippen molar-refractivity contribution in [3.8, 4) is 0 Å². The fraction of sp³-hybridized carbons (Fsp3) is 0.118. The summed E-state index contributed by atoms with van der Waals surface area (Å²) < 4.78 is 7.35. The molecule has 2 heterocycles. The zero-order valence-corrected chi connectivity index (χ0v) is 13.1. The molecular weight excluding hydrogens is 312 g/mol. The van der Waals surface area contributed by atoms with Crippen LogP contribution in [-0.4, -0.2) is 26.1 Å². The zero-order chi connectivity index (χ0) is 15.9. The van der Waals surface area contributed by atoms with Crippen molar-refractivity contribution in [3.63, 3.8) is 0 Å². The lowest BCUT2D eigenvalue weighted by Crippen LogP contribution is -1.91. The minimum atomic E-state index is 0.354. The van der Waals surface area contributed by atoms with E-state index >= 15 is 0 Å². The normalized spacial score (nSPS) is 11.9. The van der Waals surface area contributed by atoms with Crippen molar-refractivity contribution in [3.05, 3.63) is 71.9 Å². The first kappa shape index (κ1) is 15.4. The van der Waals surface area contributed by atoms with Gasteiger partial charge in [-0.25, -0.2) is 15.0 Å². The first-order valence-electron chi connectivity index (χ1n) is 7.12. The summed E-state index contributed by atoms with van der Waals surface area (Å²) in [5.41, 5.74) is 2.43. The van der Waals surface area contributed by atoms with Crippen LogP contribution in [0.2, 0.25) is 5.15 Å². The first-order valence-corrected chi connectivity index (χ1v) is 7.50. The highest BCUT2D eigenvalue weighted by Crippen LogP contribution is 2.16. The molecule has 0 fully saturated rings. The summed E-state index contributed by atoms with van der Waals surface area (Å²) in [5, 5.41) is 0.354. The molecule has 0 saturated heterocycles. The quantitative estimate of drug-likeness (QED) is 0.393. The van der Waals surface area contributed by atoms with E-state index in [9.17, 15) is 0 Å². The number of halogens is 1. The Morgan fingerprint density at radius 3 is 2.83 bits per heavy atom. The average molecular weight is 327 g/mol. The summed E-state index contributed by atoms with van der Waals surface area (Å²) in [6.45, 7) is 1.16. The smallest absolute Gasteiger partial charge is 0.168 e. The fourth-order valence-corrected chi connectivity index (χ4v) is 2.20. The third-order valence-electron chi connectivity index (χ3n) is 3.13. The van der Waals surface area contributed by atoms with Crippen LogP contribution in [0, 0.1) is 0 Å². The van der Waals surface area contributed by atoms with E-state index in [0.717, 1.165) is 5.56 Å². The molecule has 0 aliphatic rings. The van der Waals surface area contributed by atoms with Gasteiger partial charge in [0, 0.05) is 6.20 Å². The van der Waals surface area contributed by atoms with Crippen molar-refractivity contribution in [1.29, 1.82) is 0 Å². The number of rotatable bonds is 6. The van der Waals surface area contributed by atoms with Crippen LogP contribution in [0.15, 0.2) is 61.2 Å². The average Bonchev–Trinajstić information content (AvgIpc) is 3.00. The van der Waals surface area contributed by atoms with Crippen molar-refractivity contribution in [2.45, 2.75) is 6.61 Å². The largest absolute Gasteiger partial charge is 0.373 e. The van der Waals surface area contributed by atoms with E-state index in [1.165, 1.54) is 6.33 Å². The molecule has 5 nitrogen and oxygen atoms in total. The van der Waals surface area contributed by atoms with Crippen LogP contribution in [0.4, 0.5) is 0 Å². The molecule has 1 aromatic carbocycles. The van der Waals surface area contributed by atoms with Crippen LogP contribution in [-0.2, 0) is 11.3 Å². The Hall–Kier alpha value is -2.50. The zero-order valence-electron chi connectivity index (χ0n) is 12.3. The van der Waals surface area contributed by atoms with E-state index in [1.54, 1.807) is 10.9 Å². The number of ether oxygens (including phenoxy) is 1. The Balaban J connectivity index is 1.51. The summed E-state index contributed by atoms with van der Waals surface area (Å²) in [5.74, 6) is 0. The van der Waals surface area contributed by atoms with Crippen molar-refractivity contribution in [1.82, 2.24) is 19.5 Å². The highest BCUT2D eigenvalue weighted by atomic mass is 35.5. The Kier molecular flexibility index (Phi) is 5.13. The highest BCUT2D eigenvalue weighted by molar-refractivity contribution is 6.33. The molecule has 0 saturated carbocycles. The molecule has 0 spiro atoms. The van der Waals surface area contributed by atoms with E-state index in [2.05, 4.69) is 15.0 Å². The maximum absolute atomic E-state index is 5.96. The van der Waals surface area contributed by atoms with Crippen molar-refractivity contribution in [2.75, 3.05) is 6.61 Å². The second kappa shape index (κ2) is 7.67. The first-order chi connectivity index (χ1) is 11.3. The van der Waals surface area contributed by atoms with Gasteiger partial charge in [-0.1, -0.05) is 54.1 Å². The Morgan fingerprint density at radius 1 is 1.09 bits per heavy atom. The molecule has 3 rings (SSSR count). The third kappa shape index (κ3) is 4.03. The maximum Gasteiger partial charge on any atom is 0.168 e. The molecule has 0 unspecified atom stereocenters. The number of fused-ring (bicyclic) bond motifs is 1. The third-order valence-corrected chi connectivity index (χ3v) is 3.41. The molecule has 0 bridgehead atoms. The number of allylic oxidation sites excluding steroid dienone is 2. The molecule has 23 heavy (non-hydrogen) atoms. The van der Waals surface area contributed by atoms with Crippen LogP contribution >= 0.6 is 11.6 Å². The van der Waals surface area contributed by atoms with Gasteiger partial charge in [0.15, 0.2) is 10.8 Å². The van der Waals surface area contributed by atoms with Crippen molar-refractivity contribution in [2.24, 2.45) is 0 Å². The van der Waals surface area contributed by atoms with Gasteiger partial charge < -0.3 is 4.74 Å². The molecule has 0 amide bonds. The molecule has 0 aliphatic carbocycles. The summed E-state index contributed by atoms with van der Waals surface area (Å²) >= 11 is 5.96. The Bertz CT molecular complexity index is 827.